The molecule has 1 fully saturated rings. The van der Waals surface area contributed by atoms with Crippen LogP contribution in [-0.2, 0) is 6.42 Å². The molecule has 2 N–H and O–H groups in total. The molecule has 2 heterocycles. The highest BCUT2D eigenvalue weighted by Crippen LogP contribution is 2.19. The van der Waals surface area contributed by atoms with Gasteiger partial charge in [0, 0.05) is 38.9 Å². The molecule has 1 aromatic rings. The molecule has 0 aliphatic carbocycles. The highest BCUT2D eigenvalue weighted by Gasteiger charge is 2.20. The Morgan fingerprint density at radius 1 is 1.26 bits per heavy atom. The standard InChI is InChI=1S/C15H26N4/c1-13(2)12-18-8-10-19(11-9-18)15-14(5-6-16)4-3-7-17-15/h3-4,7,13H,5-6,8-12,16H2,1-2H3. The number of hydrogen-bond donors (Lipinski definition) is 1. The third-order valence-electron chi connectivity index (χ3n) is 3.58. The van der Waals surface area contributed by atoms with Crippen molar-refractivity contribution in [3.05, 3.63) is 23.9 Å². The van der Waals surface area contributed by atoms with Crippen LogP contribution in [0.1, 0.15) is 19.4 Å². The van der Waals surface area contributed by atoms with E-state index in [1.807, 2.05) is 12.3 Å². The fraction of sp³-hybridized carbons (Fsp3) is 0.667. The Morgan fingerprint density at radius 2 is 2.00 bits per heavy atom. The Labute approximate surface area is 116 Å². The van der Waals surface area contributed by atoms with Crippen LogP contribution in [0.25, 0.3) is 0 Å². The minimum atomic E-state index is 0.687. The first-order valence-corrected chi connectivity index (χ1v) is 7.32. The lowest BCUT2D eigenvalue weighted by Gasteiger charge is -2.36. The largest absolute Gasteiger partial charge is 0.354 e. The van der Waals surface area contributed by atoms with E-state index in [4.69, 9.17) is 5.73 Å². The maximum atomic E-state index is 5.68. The number of pyridine rings is 1. The van der Waals surface area contributed by atoms with E-state index in [-0.39, 0.29) is 0 Å². The second-order valence-corrected chi connectivity index (χ2v) is 5.71. The molecule has 4 nitrogen and oxygen atoms in total. The number of nitrogens with two attached hydrogens (primary N) is 1. The van der Waals surface area contributed by atoms with E-state index in [2.05, 4.69) is 34.7 Å². The molecule has 19 heavy (non-hydrogen) atoms. The van der Waals surface area contributed by atoms with Gasteiger partial charge in [-0.1, -0.05) is 19.9 Å². The second kappa shape index (κ2) is 6.87. The Morgan fingerprint density at radius 3 is 2.63 bits per heavy atom. The van der Waals surface area contributed by atoms with Gasteiger partial charge in [-0.05, 0) is 30.5 Å². The van der Waals surface area contributed by atoms with Gasteiger partial charge in [0.1, 0.15) is 5.82 Å². The maximum Gasteiger partial charge on any atom is 0.131 e. The van der Waals surface area contributed by atoms with Crippen LogP contribution in [0.3, 0.4) is 0 Å². The average Bonchev–Trinajstić information content (AvgIpc) is 2.40. The van der Waals surface area contributed by atoms with Crippen LogP contribution in [0.2, 0.25) is 0 Å². The van der Waals surface area contributed by atoms with Crippen molar-refractivity contribution in [3.8, 4) is 0 Å². The van der Waals surface area contributed by atoms with E-state index >= 15 is 0 Å². The number of rotatable bonds is 5. The smallest absolute Gasteiger partial charge is 0.131 e. The predicted octanol–water partition coefficient (Wildman–Crippen LogP) is 1.36. The first-order valence-electron chi connectivity index (χ1n) is 7.32. The van der Waals surface area contributed by atoms with Crippen LogP contribution < -0.4 is 10.6 Å². The summed E-state index contributed by atoms with van der Waals surface area (Å²) in [4.78, 5) is 9.51. The second-order valence-electron chi connectivity index (χ2n) is 5.71. The molecule has 0 spiro atoms. The van der Waals surface area contributed by atoms with Crippen LogP contribution in [0.5, 0.6) is 0 Å². The van der Waals surface area contributed by atoms with Crippen molar-refractivity contribution >= 4 is 5.82 Å². The van der Waals surface area contributed by atoms with Crippen LogP contribution in [0.15, 0.2) is 18.3 Å². The van der Waals surface area contributed by atoms with E-state index in [1.165, 1.54) is 12.1 Å². The molecule has 0 amide bonds. The number of nitrogens with zero attached hydrogens (tertiary/aromatic N) is 3. The van der Waals surface area contributed by atoms with Crippen molar-refractivity contribution in [2.75, 3.05) is 44.2 Å². The summed E-state index contributed by atoms with van der Waals surface area (Å²) < 4.78 is 0. The van der Waals surface area contributed by atoms with E-state index in [9.17, 15) is 0 Å². The van der Waals surface area contributed by atoms with Gasteiger partial charge in [0.2, 0.25) is 0 Å². The number of anilines is 1. The third kappa shape index (κ3) is 3.91. The van der Waals surface area contributed by atoms with Crippen molar-refractivity contribution in [2.45, 2.75) is 20.3 Å². The van der Waals surface area contributed by atoms with Crippen molar-refractivity contribution in [2.24, 2.45) is 11.7 Å². The van der Waals surface area contributed by atoms with E-state index in [0.717, 1.165) is 44.3 Å². The molecule has 0 radical (unpaired) electrons. The minimum absolute atomic E-state index is 0.687. The molecule has 1 aromatic heterocycles. The van der Waals surface area contributed by atoms with Crippen molar-refractivity contribution < 1.29 is 0 Å². The molecule has 0 atom stereocenters. The zero-order chi connectivity index (χ0) is 13.7. The predicted molar refractivity (Wildman–Crippen MR) is 80.5 cm³/mol. The first kappa shape index (κ1) is 14.3. The lowest BCUT2D eigenvalue weighted by Crippen LogP contribution is -2.48. The highest BCUT2D eigenvalue weighted by molar-refractivity contribution is 5.47. The Bertz CT molecular complexity index is 383. The Kier molecular flexibility index (Phi) is 5.16. The van der Waals surface area contributed by atoms with Crippen LogP contribution >= 0.6 is 0 Å². The molecule has 0 aromatic carbocycles. The van der Waals surface area contributed by atoms with Gasteiger partial charge in [0.05, 0.1) is 0 Å². The highest BCUT2D eigenvalue weighted by atomic mass is 15.3. The summed E-state index contributed by atoms with van der Waals surface area (Å²) in [5.74, 6) is 1.88. The van der Waals surface area contributed by atoms with Crippen molar-refractivity contribution in [1.82, 2.24) is 9.88 Å². The Hall–Kier alpha value is -1.13. The molecule has 1 aliphatic rings. The molecule has 4 heteroatoms. The lowest BCUT2D eigenvalue weighted by atomic mass is 10.1. The topological polar surface area (TPSA) is 45.4 Å². The summed E-state index contributed by atoms with van der Waals surface area (Å²) in [6.45, 7) is 10.9. The summed E-state index contributed by atoms with van der Waals surface area (Å²) in [5, 5.41) is 0. The monoisotopic (exact) mass is 262 g/mol. The normalized spacial score (nSPS) is 17.2. The van der Waals surface area contributed by atoms with Gasteiger partial charge in [-0.25, -0.2) is 4.98 Å². The summed E-state index contributed by atoms with van der Waals surface area (Å²) >= 11 is 0. The zero-order valence-electron chi connectivity index (χ0n) is 12.2. The molecule has 0 unspecified atom stereocenters. The lowest BCUT2D eigenvalue weighted by molar-refractivity contribution is 0.231. The van der Waals surface area contributed by atoms with Gasteiger partial charge < -0.3 is 10.6 Å². The zero-order valence-corrected chi connectivity index (χ0v) is 12.2. The van der Waals surface area contributed by atoms with Gasteiger partial charge in [-0.2, -0.15) is 0 Å². The van der Waals surface area contributed by atoms with E-state index in [1.54, 1.807) is 0 Å². The molecule has 1 aliphatic heterocycles. The van der Waals surface area contributed by atoms with Crippen LogP contribution in [-0.4, -0.2) is 49.2 Å². The number of aromatic nitrogens is 1. The Balaban J connectivity index is 1.97. The quantitative estimate of drug-likeness (QED) is 0.870. The van der Waals surface area contributed by atoms with Gasteiger partial charge in [0.15, 0.2) is 0 Å². The van der Waals surface area contributed by atoms with Gasteiger partial charge >= 0.3 is 0 Å². The van der Waals surface area contributed by atoms with Crippen LogP contribution in [0.4, 0.5) is 5.82 Å². The molecule has 2 rings (SSSR count). The summed E-state index contributed by atoms with van der Waals surface area (Å²) in [5.41, 5.74) is 6.96. The van der Waals surface area contributed by atoms with Gasteiger partial charge in [0.25, 0.3) is 0 Å². The summed E-state index contributed by atoms with van der Waals surface area (Å²) in [6, 6.07) is 4.15. The average molecular weight is 262 g/mol. The fourth-order valence-corrected chi connectivity index (χ4v) is 2.72. The third-order valence-corrected chi connectivity index (χ3v) is 3.58. The summed E-state index contributed by atoms with van der Waals surface area (Å²) in [7, 11) is 0. The molecule has 0 bridgehead atoms. The van der Waals surface area contributed by atoms with Gasteiger partial charge in [-0.15, -0.1) is 0 Å². The van der Waals surface area contributed by atoms with Gasteiger partial charge in [-0.3, -0.25) is 4.90 Å². The van der Waals surface area contributed by atoms with E-state index < -0.39 is 0 Å². The molecule has 0 saturated carbocycles. The molecule has 1 saturated heterocycles. The SMILES string of the molecule is CC(C)CN1CCN(c2ncccc2CCN)CC1. The van der Waals surface area contributed by atoms with Crippen LogP contribution in [0, 0.1) is 5.92 Å². The maximum absolute atomic E-state index is 5.68. The van der Waals surface area contributed by atoms with Crippen molar-refractivity contribution in [3.63, 3.8) is 0 Å². The summed E-state index contributed by atoms with van der Waals surface area (Å²) in [6.07, 6.45) is 2.80. The minimum Gasteiger partial charge on any atom is -0.354 e. The number of piperazine rings is 1. The molecular formula is C15H26N4. The molecule has 106 valence electrons. The van der Waals surface area contributed by atoms with Crippen molar-refractivity contribution in [1.29, 1.82) is 0 Å². The molecular weight excluding hydrogens is 236 g/mol. The number of hydrogen-bond acceptors (Lipinski definition) is 4. The van der Waals surface area contributed by atoms with E-state index in [0.29, 0.717) is 6.54 Å². The fourth-order valence-electron chi connectivity index (χ4n) is 2.72. The first-order chi connectivity index (χ1) is 9.20.